The number of carboxylic acid groups (broad SMARTS) is 1. The molecule has 0 fully saturated rings. The minimum atomic E-state index is -1.01. The van der Waals surface area contributed by atoms with Gasteiger partial charge in [0.15, 0.2) is 5.75 Å². The molecular formula is C11H7Cl5O4. The van der Waals surface area contributed by atoms with Crippen molar-refractivity contribution in [3.05, 3.63) is 25.1 Å². The van der Waals surface area contributed by atoms with Gasteiger partial charge in [-0.2, -0.15) is 0 Å². The number of hydrogen-bond acceptors (Lipinski definition) is 3. The highest BCUT2D eigenvalue weighted by molar-refractivity contribution is 6.55. The summed E-state index contributed by atoms with van der Waals surface area (Å²) in [6.07, 6.45) is -0.145. The van der Waals surface area contributed by atoms with Gasteiger partial charge >= 0.3 is 11.9 Å². The molecule has 1 aromatic rings. The number of rotatable bonds is 5. The third kappa shape index (κ3) is 4.30. The van der Waals surface area contributed by atoms with Crippen LogP contribution in [-0.2, 0) is 9.59 Å². The van der Waals surface area contributed by atoms with Gasteiger partial charge in [0.2, 0.25) is 0 Å². The lowest BCUT2D eigenvalue weighted by atomic mass is 10.2. The van der Waals surface area contributed by atoms with Crippen molar-refractivity contribution >= 4 is 69.9 Å². The van der Waals surface area contributed by atoms with Gasteiger partial charge in [0.25, 0.3) is 0 Å². The van der Waals surface area contributed by atoms with Gasteiger partial charge in [-0.1, -0.05) is 58.0 Å². The predicted molar refractivity (Wildman–Crippen MR) is 78.6 cm³/mol. The third-order valence-electron chi connectivity index (χ3n) is 2.16. The Balaban J connectivity index is 2.88. The molecule has 0 unspecified atom stereocenters. The van der Waals surface area contributed by atoms with Gasteiger partial charge < -0.3 is 9.84 Å². The van der Waals surface area contributed by atoms with E-state index in [1.165, 1.54) is 0 Å². The Morgan fingerprint density at radius 2 is 1.30 bits per heavy atom. The number of benzene rings is 1. The van der Waals surface area contributed by atoms with Gasteiger partial charge in [-0.15, -0.1) is 0 Å². The van der Waals surface area contributed by atoms with Crippen LogP contribution in [0.25, 0.3) is 0 Å². The highest BCUT2D eigenvalue weighted by Gasteiger charge is 2.22. The number of ether oxygens (including phenoxy) is 1. The van der Waals surface area contributed by atoms with Gasteiger partial charge in [0, 0.05) is 12.8 Å². The maximum atomic E-state index is 11.6. The largest absolute Gasteiger partial charge is 0.481 e. The van der Waals surface area contributed by atoms with Crippen LogP contribution in [0.5, 0.6) is 5.75 Å². The summed E-state index contributed by atoms with van der Waals surface area (Å²) in [5, 5.41) is 7.96. The average Bonchev–Trinajstić information content (AvgIpc) is 2.39. The van der Waals surface area contributed by atoms with Crippen molar-refractivity contribution in [2.45, 2.75) is 19.3 Å². The van der Waals surface area contributed by atoms with Crippen molar-refractivity contribution in [3.63, 3.8) is 0 Å². The van der Waals surface area contributed by atoms with Crippen molar-refractivity contribution < 1.29 is 19.4 Å². The molecule has 0 aliphatic rings. The summed E-state index contributed by atoms with van der Waals surface area (Å²) in [5.41, 5.74) is 0. The van der Waals surface area contributed by atoms with E-state index in [-0.39, 0.29) is 50.1 Å². The summed E-state index contributed by atoms with van der Waals surface area (Å²) >= 11 is 29.2. The number of carboxylic acids is 1. The van der Waals surface area contributed by atoms with E-state index < -0.39 is 11.9 Å². The quantitative estimate of drug-likeness (QED) is 0.333. The zero-order chi connectivity index (χ0) is 15.4. The van der Waals surface area contributed by atoms with E-state index in [1.54, 1.807) is 0 Å². The molecule has 0 bridgehead atoms. The second-order valence-electron chi connectivity index (χ2n) is 3.62. The Kier molecular flexibility index (Phi) is 6.69. The summed E-state index contributed by atoms with van der Waals surface area (Å²) in [4.78, 5) is 21.9. The van der Waals surface area contributed by atoms with Crippen molar-refractivity contribution in [1.29, 1.82) is 0 Å². The second kappa shape index (κ2) is 7.57. The van der Waals surface area contributed by atoms with Crippen molar-refractivity contribution in [2.75, 3.05) is 0 Å². The minimum absolute atomic E-state index is 0.0472. The zero-order valence-corrected chi connectivity index (χ0v) is 13.5. The summed E-state index contributed by atoms with van der Waals surface area (Å²) < 4.78 is 4.95. The molecule has 0 spiro atoms. The Morgan fingerprint density at radius 1 is 0.850 bits per heavy atom. The fraction of sp³-hybridized carbons (Fsp3) is 0.273. The topological polar surface area (TPSA) is 63.6 Å². The number of aliphatic carboxylic acids is 1. The van der Waals surface area contributed by atoms with Crippen LogP contribution in [0.1, 0.15) is 19.3 Å². The lowest BCUT2D eigenvalue weighted by Crippen LogP contribution is -2.09. The lowest BCUT2D eigenvalue weighted by molar-refractivity contribution is -0.137. The molecule has 0 aliphatic carbocycles. The molecule has 0 radical (unpaired) electrons. The maximum Gasteiger partial charge on any atom is 0.311 e. The molecule has 0 amide bonds. The molecule has 0 aliphatic heterocycles. The average molecular weight is 380 g/mol. The van der Waals surface area contributed by atoms with Crippen LogP contribution >= 0.6 is 58.0 Å². The Hall–Kier alpha value is -0.390. The SMILES string of the molecule is O=C(O)CCCC(=O)Oc1c(Cl)c(Cl)c(Cl)c(Cl)c1Cl. The van der Waals surface area contributed by atoms with E-state index in [2.05, 4.69) is 0 Å². The van der Waals surface area contributed by atoms with Crippen LogP contribution in [0, 0.1) is 0 Å². The fourth-order valence-electron chi connectivity index (χ4n) is 1.22. The predicted octanol–water partition coefficient (Wildman–Crippen LogP) is 5.11. The highest BCUT2D eigenvalue weighted by Crippen LogP contribution is 2.48. The van der Waals surface area contributed by atoms with Gasteiger partial charge in [0.1, 0.15) is 10.0 Å². The third-order valence-corrected chi connectivity index (χ3v) is 4.40. The molecule has 1 aromatic carbocycles. The van der Waals surface area contributed by atoms with Crippen molar-refractivity contribution in [3.8, 4) is 5.75 Å². The summed E-state index contributed by atoms with van der Waals surface area (Å²) in [5.74, 6) is -1.91. The smallest absolute Gasteiger partial charge is 0.311 e. The molecule has 4 nitrogen and oxygen atoms in total. The Morgan fingerprint density at radius 3 is 1.75 bits per heavy atom. The van der Waals surface area contributed by atoms with E-state index in [4.69, 9.17) is 67.8 Å². The first kappa shape index (κ1) is 17.7. The van der Waals surface area contributed by atoms with Crippen LogP contribution in [-0.4, -0.2) is 17.0 Å². The number of hydrogen-bond donors (Lipinski definition) is 1. The van der Waals surface area contributed by atoms with Crippen LogP contribution in [0.2, 0.25) is 25.1 Å². The molecule has 0 saturated carbocycles. The zero-order valence-electron chi connectivity index (χ0n) is 9.68. The van der Waals surface area contributed by atoms with Gasteiger partial charge in [-0.05, 0) is 6.42 Å². The molecule has 1 rings (SSSR count). The van der Waals surface area contributed by atoms with Crippen LogP contribution in [0.4, 0.5) is 0 Å². The van der Waals surface area contributed by atoms with Crippen LogP contribution in [0.3, 0.4) is 0 Å². The van der Waals surface area contributed by atoms with E-state index in [9.17, 15) is 9.59 Å². The molecule has 0 aromatic heterocycles. The van der Waals surface area contributed by atoms with Crippen molar-refractivity contribution in [1.82, 2.24) is 0 Å². The van der Waals surface area contributed by atoms with Crippen molar-refractivity contribution in [2.24, 2.45) is 0 Å². The minimum Gasteiger partial charge on any atom is -0.481 e. The van der Waals surface area contributed by atoms with Crippen LogP contribution < -0.4 is 4.74 Å². The molecular weight excluding hydrogens is 373 g/mol. The molecule has 0 heterocycles. The van der Waals surface area contributed by atoms with Crippen LogP contribution in [0.15, 0.2) is 0 Å². The standard InChI is InChI=1S/C11H7Cl5O4/c12-6-7(13)9(15)11(10(16)8(6)14)20-5(19)3-1-2-4(17)18/h1-3H2,(H,17,18). The van der Waals surface area contributed by atoms with E-state index in [0.717, 1.165) is 0 Å². The lowest BCUT2D eigenvalue weighted by Gasteiger charge is -2.12. The summed E-state index contributed by atoms with van der Waals surface area (Å²) in [7, 11) is 0. The highest BCUT2D eigenvalue weighted by atomic mass is 35.5. The number of esters is 1. The first-order valence-electron chi connectivity index (χ1n) is 5.19. The van der Waals surface area contributed by atoms with E-state index in [1.807, 2.05) is 0 Å². The Labute approximate surface area is 139 Å². The summed E-state index contributed by atoms with van der Waals surface area (Å²) in [6.45, 7) is 0. The first-order chi connectivity index (χ1) is 9.25. The molecule has 9 heteroatoms. The van der Waals surface area contributed by atoms with Gasteiger partial charge in [-0.3, -0.25) is 9.59 Å². The number of halogens is 5. The molecule has 110 valence electrons. The fourth-order valence-corrected chi connectivity index (χ4v) is 2.42. The second-order valence-corrected chi connectivity index (χ2v) is 5.51. The van der Waals surface area contributed by atoms with E-state index in [0.29, 0.717) is 0 Å². The molecule has 0 atom stereocenters. The number of carbonyl (C=O) groups is 2. The molecule has 20 heavy (non-hydrogen) atoms. The monoisotopic (exact) mass is 378 g/mol. The molecule has 1 N–H and O–H groups in total. The van der Waals surface area contributed by atoms with Gasteiger partial charge in [-0.25, -0.2) is 0 Å². The van der Waals surface area contributed by atoms with E-state index >= 15 is 0 Å². The summed E-state index contributed by atoms with van der Waals surface area (Å²) in [6, 6.07) is 0. The van der Waals surface area contributed by atoms with Gasteiger partial charge in [0.05, 0.1) is 15.1 Å². The number of carbonyl (C=O) groups excluding carboxylic acids is 1. The molecule has 0 saturated heterocycles. The first-order valence-corrected chi connectivity index (χ1v) is 7.08. The Bertz CT molecular complexity index is 529. The maximum absolute atomic E-state index is 11.6. The normalized spacial score (nSPS) is 10.4.